The molecule has 106 valence electrons. The minimum absolute atomic E-state index is 0.113. The number of aliphatic carboxylic acids is 1. The van der Waals surface area contributed by atoms with Crippen molar-refractivity contribution in [3.8, 4) is 5.69 Å². The topological polar surface area (TPSA) is 71.2 Å². The van der Waals surface area contributed by atoms with E-state index in [2.05, 4.69) is 10.3 Å². The fourth-order valence-corrected chi connectivity index (χ4v) is 1.86. The van der Waals surface area contributed by atoms with Gasteiger partial charge in [0.25, 0.3) is 0 Å². The van der Waals surface area contributed by atoms with Gasteiger partial charge in [0, 0.05) is 18.1 Å². The summed E-state index contributed by atoms with van der Waals surface area (Å²) in [5.74, 6) is -0.804. The van der Waals surface area contributed by atoms with Gasteiger partial charge in [-0.05, 0) is 31.3 Å². The van der Waals surface area contributed by atoms with E-state index < -0.39 is 5.97 Å². The predicted molar refractivity (Wildman–Crippen MR) is 75.0 cm³/mol. The normalized spacial score (nSPS) is 10.9. The lowest BCUT2D eigenvalue weighted by Gasteiger charge is -2.12. The molecule has 2 rings (SSSR count). The molecule has 0 aliphatic rings. The molecule has 0 atom stereocenters. The van der Waals surface area contributed by atoms with Gasteiger partial charge in [0.1, 0.15) is 0 Å². The van der Waals surface area contributed by atoms with Crippen LogP contribution >= 0.6 is 11.6 Å². The summed E-state index contributed by atoms with van der Waals surface area (Å²) in [4.78, 5) is 12.4. The maximum atomic E-state index is 10.5. The van der Waals surface area contributed by atoms with Gasteiger partial charge in [-0.2, -0.15) is 0 Å². The summed E-state index contributed by atoms with van der Waals surface area (Å²) in [6.07, 6.45) is 1.93. The van der Waals surface area contributed by atoms with Crippen molar-refractivity contribution in [3.05, 3.63) is 41.2 Å². The minimum Gasteiger partial charge on any atom is -0.481 e. The van der Waals surface area contributed by atoms with Gasteiger partial charge in [-0.15, -0.1) is 5.10 Å². The second-order valence-electron chi connectivity index (χ2n) is 4.51. The fourth-order valence-electron chi connectivity index (χ4n) is 1.73. The average Bonchev–Trinajstić information content (AvgIpc) is 2.85. The number of aromatic nitrogens is 3. The van der Waals surface area contributed by atoms with Crippen molar-refractivity contribution in [1.29, 1.82) is 0 Å². The van der Waals surface area contributed by atoms with Gasteiger partial charge >= 0.3 is 5.97 Å². The molecule has 0 bridgehead atoms. The Balaban J connectivity index is 1.98. The zero-order valence-electron chi connectivity index (χ0n) is 11.0. The number of carbonyl (C=O) groups is 1. The lowest BCUT2D eigenvalue weighted by molar-refractivity contribution is -0.137. The van der Waals surface area contributed by atoms with E-state index >= 15 is 0 Å². The van der Waals surface area contributed by atoms with E-state index in [-0.39, 0.29) is 6.42 Å². The summed E-state index contributed by atoms with van der Waals surface area (Å²) >= 11 is 5.83. The van der Waals surface area contributed by atoms with Gasteiger partial charge < -0.3 is 5.11 Å². The van der Waals surface area contributed by atoms with Crippen LogP contribution in [0, 0.1) is 0 Å². The third-order valence-electron chi connectivity index (χ3n) is 2.77. The van der Waals surface area contributed by atoms with Gasteiger partial charge in [-0.1, -0.05) is 16.8 Å². The molecule has 0 fully saturated rings. The summed E-state index contributed by atoms with van der Waals surface area (Å²) < 4.78 is 1.66. The first kappa shape index (κ1) is 14.5. The highest BCUT2D eigenvalue weighted by molar-refractivity contribution is 6.30. The molecule has 0 aliphatic heterocycles. The second kappa shape index (κ2) is 6.49. The van der Waals surface area contributed by atoms with Crippen LogP contribution in [0.15, 0.2) is 30.5 Å². The Kier molecular flexibility index (Phi) is 4.70. The molecule has 1 aromatic heterocycles. The number of hydrogen-bond donors (Lipinski definition) is 1. The first-order valence-corrected chi connectivity index (χ1v) is 6.50. The number of carboxylic acid groups (broad SMARTS) is 1. The van der Waals surface area contributed by atoms with Crippen molar-refractivity contribution in [2.45, 2.75) is 13.0 Å². The van der Waals surface area contributed by atoms with E-state index in [9.17, 15) is 4.79 Å². The number of rotatable bonds is 6. The largest absolute Gasteiger partial charge is 0.481 e. The lowest BCUT2D eigenvalue weighted by Crippen LogP contribution is -2.21. The van der Waals surface area contributed by atoms with E-state index in [0.717, 1.165) is 11.4 Å². The molecule has 7 heteroatoms. The molecule has 0 saturated carbocycles. The van der Waals surface area contributed by atoms with Crippen molar-refractivity contribution in [1.82, 2.24) is 19.9 Å². The molecular weight excluding hydrogens is 280 g/mol. The molecule has 0 saturated heterocycles. The van der Waals surface area contributed by atoms with Crippen LogP contribution in [0.5, 0.6) is 0 Å². The van der Waals surface area contributed by atoms with Crippen molar-refractivity contribution in [2.75, 3.05) is 13.6 Å². The Morgan fingerprint density at radius 3 is 2.75 bits per heavy atom. The van der Waals surface area contributed by atoms with Crippen LogP contribution in [-0.2, 0) is 11.3 Å². The highest BCUT2D eigenvalue weighted by Gasteiger charge is 2.07. The molecular formula is C13H15ClN4O2. The second-order valence-corrected chi connectivity index (χ2v) is 4.95. The van der Waals surface area contributed by atoms with Gasteiger partial charge in [0.2, 0.25) is 0 Å². The quantitative estimate of drug-likeness (QED) is 0.880. The number of carboxylic acids is 1. The summed E-state index contributed by atoms with van der Waals surface area (Å²) in [5.41, 5.74) is 1.66. The third kappa shape index (κ3) is 4.04. The van der Waals surface area contributed by atoms with E-state index in [1.165, 1.54) is 0 Å². The number of nitrogens with zero attached hydrogens (tertiary/aromatic N) is 4. The Labute approximate surface area is 121 Å². The van der Waals surface area contributed by atoms with E-state index in [1.807, 2.05) is 30.3 Å². The molecule has 0 radical (unpaired) electrons. The van der Waals surface area contributed by atoms with Crippen LogP contribution in [0.1, 0.15) is 12.1 Å². The van der Waals surface area contributed by atoms with Gasteiger partial charge in [-0.25, -0.2) is 4.68 Å². The zero-order chi connectivity index (χ0) is 14.5. The SMILES string of the molecule is CN(CCC(=O)O)Cc1cn(-c2ccc(Cl)cc2)nn1. The Morgan fingerprint density at radius 1 is 1.40 bits per heavy atom. The van der Waals surface area contributed by atoms with Crippen LogP contribution in [0.4, 0.5) is 0 Å². The molecule has 0 aliphatic carbocycles. The zero-order valence-corrected chi connectivity index (χ0v) is 11.8. The first-order valence-electron chi connectivity index (χ1n) is 6.12. The first-order chi connectivity index (χ1) is 9.54. The van der Waals surface area contributed by atoms with Crippen molar-refractivity contribution < 1.29 is 9.90 Å². The van der Waals surface area contributed by atoms with E-state index in [0.29, 0.717) is 18.1 Å². The maximum absolute atomic E-state index is 10.5. The molecule has 0 spiro atoms. The molecule has 6 nitrogen and oxygen atoms in total. The van der Waals surface area contributed by atoms with Crippen LogP contribution < -0.4 is 0 Å². The molecule has 1 aromatic carbocycles. The standard InChI is InChI=1S/C13H15ClN4O2/c1-17(7-6-13(19)20)8-11-9-18(16-15-11)12-4-2-10(14)3-5-12/h2-5,9H,6-8H2,1H3,(H,19,20). The molecule has 20 heavy (non-hydrogen) atoms. The van der Waals surface area contributed by atoms with E-state index in [1.54, 1.807) is 16.8 Å². The lowest BCUT2D eigenvalue weighted by atomic mass is 10.3. The highest BCUT2D eigenvalue weighted by Crippen LogP contribution is 2.13. The predicted octanol–water partition coefficient (Wildman–Crippen LogP) is 1.83. The fraction of sp³-hybridized carbons (Fsp3) is 0.308. The maximum Gasteiger partial charge on any atom is 0.304 e. The molecule has 2 aromatic rings. The summed E-state index contributed by atoms with van der Waals surface area (Å²) in [5, 5.41) is 17.4. The average molecular weight is 295 g/mol. The Morgan fingerprint density at radius 2 is 2.10 bits per heavy atom. The van der Waals surface area contributed by atoms with Crippen molar-refractivity contribution in [3.63, 3.8) is 0 Å². The van der Waals surface area contributed by atoms with Crippen molar-refractivity contribution >= 4 is 17.6 Å². The van der Waals surface area contributed by atoms with Crippen LogP contribution in [-0.4, -0.2) is 44.6 Å². The minimum atomic E-state index is -0.804. The molecule has 0 unspecified atom stereocenters. The molecule has 1 heterocycles. The molecule has 0 amide bonds. The Hall–Kier alpha value is -1.92. The van der Waals surface area contributed by atoms with Gasteiger partial charge in [0.05, 0.1) is 24.0 Å². The van der Waals surface area contributed by atoms with E-state index in [4.69, 9.17) is 16.7 Å². The molecule has 1 N–H and O–H groups in total. The number of halogens is 1. The summed E-state index contributed by atoms with van der Waals surface area (Å²) in [6, 6.07) is 7.29. The van der Waals surface area contributed by atoms with Crippen LogP contribution in [0.3, 0.4) is 0 Å². The van der Waals surface area contributed by atoms with Crippen LogP contribution in [0.2, 0.25) is 5.02 Å². The van der Waals surface area contributed by atoms with Gasteiger partial charge in [-0.3, -0.25) is 9.69 Å². The van der Waals surface area contributed by atoms with Crippen LogP contribution in [0.25, 0.3) is 5.69 Å². The Bertz CT molecular complexity index is 582. The number of benzene rings is 1. The number of hydrogen-bond acceptors (Lipinski definition) is 4. The van der Waals surface area contributed by atoms with Crippen molar-refractivity contribution in [2.24, 2.45) is 0 Å². The monoisotopic (exact) mass is 294 g/mol. The third-order valence-corrected chi connectivity index (χ3v) is 3.02. The van der Waals surface area contributed by atoms with Gasteiger partial charge in [0.15, 0.2) is 0 Å². The summed E-state index contributed by atoms with van der Waals surface area (Å²) in [7, 11) is 1.85. The smallest absolute Gasteiger partial charge is 0.304 e. The highest BCUT2D eigenvalue weighted by atomic mass is 35.5. The summed E-state index contributed by atoms with van der Waals surface area (Å²) in [6.45, 7) is 1.03.